The molecule has 0 aromatic heterocycles. The van der Waals surface area contributed by atoms with Gasteiger partial charge in [-0.15, -0.1) is 0 Å². The van der Waals surface area contributed by atoms with Crippen molar-refractivity contribution in [2.45, 2.75) is 13.8 Å². The molecule has 5 heteroatoms. The van der Waals surface area contributed by atoms with Gasteiger partial charge in [0.25, 0.3) is 0 Å². The largest absolute Gasteiger partial charge is 0.494 e. The van der Waals surface area contributed by atoms with E-state index >= 15 is 0 Å². The van der Waals surface area contributed by atoms with Crippen LogP contribution in [0.15, 0.2) is 48.5 Å². The lowest BCUT2D eigenvalue weighted by atomic mass is 10.2. The van der Waals surface area contributed by atoms with Crippen molar-refractivity contribution < 1.29 is 23.8 Å². The molecule has 0 radical (unpaired) electrons. The van der Waals surface area contributed by atoms with Crippen LogP contribution in [0.1, 0.15) is 24.2 Å². The van der Waals surface area contributed by atoms with Crippen molar-refractivity contribution in [2.24, 2.45) is 0 Å². The second kappa shape index (κ2) is 7.26. The molecule has 0 atom stereocenters. The quantitative estimate of drug-likeness (QED) is 0.626. The fourth-order valence-electron chi connectivity index (χ4n) is 1.76. The molecule has 0 unspecified atom stereocenters. The molecule has 0 saturated heterocycles. The van der Waals surface area contributed by atoms with Crippen molar-refractivity contribution in [1.29, 1.82) is 0 Å². The number of ether oxygens (including phenoxy) is 3. The Morgan fingerprint density at radius 3 is 1.86 bits per heavy atom. The Balaban J connectivity index is 2.00. The molecule has 2 aromatic carbocycles. The van der Waals surface area contributed by atoms with E-state index in [0.717, 1.165) is 0 Å². The van der Waals surface area contributed by atoms with Gasteiger partial charge in [0.15, 0.2) is 0 Å². The summed E-state index contributed by atoms with van der Waals surface area (Å²) in [6, 6.07) is 12.9. The van der Waals surface area contributed by atoms with Gasteiger partial charge in [-0.1, -0.05) is 0 Å². The van der Waals surface area contributed by atoms with E-state index < -0.39 is 11.9 Å². The summed E-state index contributed by atoms with van der Waals surface area (Å²) >= 11 is 0. The van der Waals surface area contributed by atoms with Crippen LogP contribution in [0.3, 0.4) is 0 Å². The molecule has 5 nitrogen and oxygen atoms in total. The van der Waals surface area contributed by atoms with Gasteiger partial charge >= 0.3 is 11.9 Å². The zero-order chi connectivity index (χ0) is 15.9. The van der Waals surface area contributed by atoms with Crippen LogP contribution in [0.2, 0.25) is 0 Å². The molecule has 0 spiro atoms. The van der Waals surface area contributed by atoms with Gasteiger partial charge in [-0.2, -0.15) is 0 Å². The summed E-state index contributed by atoms with van der Waals surface area (Å²) in [5, 5.41) is 0. The van der Waals surface area contributed by atoms with E-state index in [4.69, 9.17) is 14.2 Å². The van der Waals surface area contributed by atoms with Crippen LogP contribution in [0.4, 0.5) is 0 Å². The Morgan fingerprint density at radius 1 is 0.818 bits per heavy atom. The summed E-state index contributed by atoms with van der Waals surface area (Å²) in [6.07, 6.45) is 0. The number of rotatable bonds is 5. The molecule has 22 heavy (non-hydrogen) atoms. The molecule has 0 fully saturated rings. The number of benzene rings is 2. The third kappa shape index (κ3) is 4.34. The van der Waals surface area contributed by atoms with E-state index in [-0.39, 0.29) is 0 Å². The average Bonchev–Trinajstić information content (AvgIpc) is 2.49. The van der Waals surface area contributed by atoms with E-state index in [1.165, 1.54) is 31.2 Å². The lowest BCUT2D eigenvalue weighted by Crippen LogP contribution is -2.08. The standard InChI is InChI=1S/C17H16O5/c1-3-20-14-8-10-16(11-9-14)22-17(19)13-4-6-15(7-5-13)21-12(2)18/h4-11H,3H2,1-2H3. The maximum Gasteiger partial charge on any atom is 0.343 e. The van der Waals surface area contributed by atoms with Crippen LogP contribution in [-0.2, 0) is 4.79 Å². The predicted octanol–water partition coefficient (Wildman–Crippen LogP) is 3.23. The third-order valence-electron chi connectivity index (χ3n) is 2.70. The first kappa shape index (κ1) is 15.6. The first-order valence-electron chi connectivity index (χ1n) is 6.82. The van der Waals surface area contributed by atoms with Crippen molar-refractivity contribution in [1.82, 2.24) is 0 Å². The van der Waals surface area contributed by atoms with Crippen molar-refractivity contribution in [2.75, 3.05) is 6.61 Å². The lowest BCUT2D eigenvalue weighted by molar-refractivity contribution is -0.131. The van der Waals surface area contributed by atoms with Gasteiger partial charge in [0, 0.05) is 6.92 Å². The van der Waals surface area contributed by atoms with Gasteiger partial charge in [-0.05, 0) is 55.5 Å². The highest BCUT2D eigenvalue weighted by atomic mass is 16.5. The molecule has 0 aliphatic heterocycles. The second-order valence-electron chi connectivity index (χ2n) is 4.41. The van der Waals surface area contributed by atoms with Crippen LogP contribution in [-0.4, -0.2) is 18.5 Å². The number of carbonyl (C=O) groups is 2. The van der Waals surface area contributed by atoms with Gasteiger partial charge in [0.2, 0.25) is 0 Å². The Morgan fingerprint density at radius 2 is 1.32 bits per heavy atom. The summed E-state index contributed by atoms with van der Waals surface area (Å²) in [5.74, 6) is 0.624. The summed E-state index contributed by atoms with van der Waals surface area (Å²) < 4.78 is 15.5. The zero-order valence-electron chi connectivity index (χ0n) is 12.4. The van der Waals surface area contributed by atoms with Gasteiger partial charge in [-0.25, -0.2) is 4.79 Å². The molecule has 0 N–H and O–H groups in total. The molecule has 0 aliphatic rings. The minimum atomic E-state index is -0.487. The smallest absolute Gasteiger partial charge is 0.343 e. The van der Waals surface area contributed by atoms with Crippen molar-refractivity contribution in [3.8, 4) is 17.2 Å². The van der Waals surface area contributed by atoms with Crippen LogP contribution < -0.4 is 14.2 Å². The number of hydrogen-bond acceptors (Lipinski definition) is 5. The maximum absolute atomic E-state index is 12.0. The minimum absolute atomic E-state index is 0.366. The second-order valence-corrected chi connectivity index (χ2v) is 4.41. The van der Waals surface area contributed by atoms with Gasteiger partial charge in [-0.3, -0.25) is 4.79 Å². The molecular formula is C17H16O5. The Hall–Kier alpha value is -2.82. The fourth-order valence-corrected chi connectivity index (χ4v) is 1.76. The summed E-state index contributed by atoms with van der Waals surface area (Å²) in [7, 11) is 0. The van der Waals surface area contributed by atoms with Crippen LogP contribution >= 0.6 is 0 Å². The molecule has 0 aliphatic carbocycles. The number of hydrogen-bond donors (Lipinski definition) is 0. The fraction of sp³-hybridized carbons (Fsp3) is 0.176. The van der Waals surface area contributed by atoms with Gasteiger partial charge in [0.05, 0.1) is 12.2 Å². The summed E-state index contributed by atoms with van der Waals surface area (Å²) in [5.41, 5.74) is 0.366. The molecule has 2 aromatic rings. The van der Waals surface area contributed by atoms with Gasteiger partial charge in [0.1, 0.15) is 17.2 Å². The van der Waals surface area contributed by atoms with Gasteiger partial charge < -0.3 is 14.2 Å². The van der Waals surface area contributed by atoms with E-state index in [0.29, 0.717) is 29.4 Å². The van der Waals surface area contributed by atoms with Crippen molar-refractivity contribution in [3.63, 3.8) is 0 Å². The highest BCUT2D eigenvalue weighted by molar-refractivity contribution is 5.91. The molecule has 0 heterocycles. The first-order valence-corrected chi connectivity index (χ1v) is 6.82. The zero-order valence-corrected chi connectivity index (χ0v) is 12.4. The Bertz CT molecular complexity index is 644. The first-order chi connectivity index (χ1) is 10.6. The normalized spacial score (nSPS) is 9.91. The highest BCUT2D eigenvalue weighted by Gasteiger charge is 2.09. The summed E-state index contributed by atoms with van der Waals surface area (Å²) in [4.78, 5) is 22.8. The molecular weight excluding hydrogens is 284 g/mol. The topological polar surface area (TPSA) is 61.8 Å². The molecule has 2 rings (SSSR count). The van der Waals surface area contributed by atoms with Crippen molar-refractivity contribution in [3.05, 3.63) is 54.1 Å². The number of carbonyl (C=O) groups excluding carboxylic acids is 2. The minimum Gasteiger partial charge on any atom is -0.494 e. The van der Waals surface area contributed by atoms with Crippen LogP contribution in [0.5, 0.6) is 17.2 Å². The van der Waals surface area contributed by atoms with Crippen LogP contribution in [0.25, 0.3) is 0 Å². The molecule has 0 saturated carbocycles. The summed E-state index contributed by atoms with van der Waals surface area (Å²) in [6.45, 7) is 3.79. The average molecular weight is 300 g/mol. The van der Waals surface area contributed by atoms with E-state index in [9.17, 15) is 9.59 Å². The highest BCUT2D eigenvalue weighted by Crippen LogP contribution is 2.19. The predicted molar refractivity (Wildman–Crippen MR) is 80.3 cm³/mol. The maximum atomic E-state index is 12.0. The van der Waals surface area contributed by atoms with Crippen molar-refractivity contribution >= 4 is 11.9 Å². The van der Waals surface area contributed by atoms with E-state index in [2.05, 4.69) is 0 Å². The van der Waals surface area contributed by atoms with E-state index in [1.807, 2.05) is 6.92 Å². The Kier molecular flexibility index (Phi) is 5.14. The SMILES string of the molecule is CCOc1ccc(OC(=O)c2ccc(OC(C)=O)cc2)cc1. The molecule has 114 valence electrons. The molecule has 0 bridgehead atoms. The van der Waals surface area contributed by atoms with E-state index in [1.54, 1.807) is 24.3 Å². The lowest BCUT2D eigenvalue weighted by Gasteiger charge is -2.07. The number of esters is 2. The Labute approximate surface area is 128 Å². The van der Waals surface area contributed by atoms with Crippen LogP contribution in [0, 0.1) is 0 Å². The third-order valence-corrected chi connectivity index (χ3v) is 2.70. The monoisotopic (exact) mass is 300 g/mol. The molecule has 0 amide bonds.